The summed E-state index contributed by atoms with van der Waals surface area (Å²) in [6.07, 6.45) is 2.83. The number of morpholine rings is 1. The van der Waals surface area contributed by atoms with Crippen LogP contribution in [0.3, 0.4) is 0 Å². The van der Waals surface area contributed by atoms with Gasteiger partial charge in [0.05, 0.1) is 23.0 Å². The first kappa shape index (κ1) is 32.7. The molecule has 0 bridgehead atoms. The van der Waals surface area contributed by atoms with Crippen molar-refractivity contribution in [1.29, 1.82) is 0 Å². The molecular weight excluding hydrogens is 520 g/mol. The van der Waals surface area contributed by atoms with E-state index in [9.17, 15) is 21.6 Å². The van der Waals surface area contributed by atoms with Crippen molar-refractivity contribution in [1.82, 2.24) is 4.90 Å². The van der Waals surface area contributed by atoms with Gasteiger partial charge in [-0.3, -0.25) is 18.8 Å². The van der Waals surface area contributed by atoms with Gasteiger partial charge in [0.25, 0.3) is 20.2 Å². The lowest BCUT2D eigenvalue weighted by molar-refractivity contribution is -0.122. The fraction of sp³-hybridized carbons (Fsp3) is 0.480. The van der Waals surface area contributed by atoms with E-state index in [0.717, 1.165) is 63.2 Å². The van der Waals surface area contributed by atoms with Gasteiger partial charge in [-0.25, -0.2) is 0 Å². The highest BCUT2D eigenvalue weighted by atomic mass is 32.2. The highest BCUT2D eigenvalue weighted by molar-refractivity contribution is 7.86. The second-order valence-corrected chi connectivity index (χ2v) is 11.5. The molecular formula is C25H38N2O8S2. The number of rotatable bonds is 8. The third-order valence-corrected chi connectivity index (χ3v) is 7.31. The maximum Gasteiger partial charge on any atom is 0.294 e. The van der Waals surface area contributed by atoms with Crippen LogP contribution < -0.4 is 5.73 Å². The normalized spacial score (nSPS) is 14.9. The molecule has 10 nitrogen and oxygen atoms in total. The van der Waals surface area contributed by atoms with Crippen LogP contribution in [-0.2, 0) is 29.8 Å². The third kappa shape index (κ3) is 13.7. The average Bonchev–Trinajstić information content (AvgIpc) is 2.82. The van der Waals surface area contributed by atoms with Crippen molar-refractivity contribution in [2.75, 3.05) is 32.8 Å². The van der Waals surface area contributed by atoms with Gasteiger partial charge >= 0.3 is 0 Å². The summed E-state index contributed by atoms with van der Waals surface area (Å²) in [5, 5.41) is 0. The molecule has 1 unspecified atom stereocenters. The summed E-state index contributed by atoms with van der Waals surface area (Å²) in [6.45, 7) is 10.3. The zero-order chi connectivity index (χ0) is 28.1. The molecule has 0 saturated carbocycles. The molecule has 1 fully saturated rings. The van der Waals surface area contributed by atoms with E-state index >= 15 is 0 Å². The average molecular weight is 559 g/mol. The van der Waals surface area contributed by atoms with Crippen LogP contribution in [0.5, 0.6) is 0 Å². The molecule has 37 heavy (non-hydrogen) atoms. The standard InChI is InChI=1S/C11H22N2O2.2C7H8O3S/c1-2-3-10(11(12)14)4-5-13-6-8-15-9-7-13;2*1-6-2-4-7(5-3-6)11(8,9)10/h10H,2-9H2,1H3,(H2,12,14);2*2-5H,1H3,(H,8,9,10). The van der Waals surface area contributed by atoms with E-state index in [1.54, 1.807) is 24.3 Å². The molecule has 1 heterocycles. The maximum atomic E-state index is 11.1. The van der Waals surface area contributed by atoms with E-state index in [1.807, 2.05) is 13.8 Å². The number of hydrogen-bond acceptors (Lipinski definition) is 7. The molecule has 208 valence electrons. The minimum Gasteiger partial charge on any atom is -0.379 e. The minimum atomic E-state index is -4.02. The van der Waals surface area contributed by atoms with Gasteiger partial charge in [-0.2, -0.15) is 16.8 Å². The quantitative estimate of drug-likeness (QED) is 0.413. The van der Waals surface area contributed by atoms with Crippen molar-refractivity contribution >= 4 is 26.1 Å². The molecule has 1 saturated heterocycles. The van der Waals surface area contributed by atoms with Crippen LogP contribution in [0, 0.1) is 19.8 Å². The minimum absolute atomic E-state index is 0.0536. The van der Waals surface area contributed by atoms with Crippen molar-refractivity contribution in [3.63, 3.8) is 0 Å². The van der Waals surface area contributed by atoms with Gasteiger partial charge in [0.2, 0.25) is 5.91 Å². The molecule has 0 radical (unpaired) electrons. The van der Waals surface area contributed by atoms with Crippen LogP contribution in [0.1, 0.15) is 37.3 Å². The lowest BCUT2D eigenvalue weighted by Crippen LogP contribution is -2.38. The summed E-state index contributed by atoms with van der Waals surface area (Å²) in [5.41, 5.74) is 7.27. The van der Waals surface area contributed by atoms with Gasteiger partial charge in [-0.05, 0) is 57.5 Å². The number of primary amides is 1. The molecule has 1 aliphatic heterocycles. The number of benzene rings is 2. The Morgan fingerprint density at radius 2 is 1.27 bits per heavy atom. The number of carbonyl (C=O) groups is 1. The molecule has 2 aromatic carbocycles. The van der Waals surface area contributed by atoms with E-state index in [2.05, 4.69) is 11.8 Å². The van der Waals surface area contributed by atoms with Gasteiger partial charge in [-0.15, -0.1) is 0 Å². The van der Waals surface area contributed by atoms with Crippen molar-refractivity contribution in [2.45, 2.75) is 49.8 Å². The van der Waals surface area contributed by atoms with Crippen LogP contribution in [0.15, 0.2) is 58.3 Å². The predicted molar refractivity (Wildman–Crippen MR) is 141 cm³/mol. The summed E-state index contributed by atoms with van der Waals surface area (Å²) in [7, 11) is -8.04. The van der Waals surface area contributed by atoms with Crippen LogP contribution >= 0.6 is 0 Å². The molecule has 0 spiro atoms. The van der Waals surface area contributed by atoms with Gasteiger partial charge in [-0.1, -0.05) is 48.7 Å². The summed E-state index contributed by atoms with van der Waals surface area (Å²) < 4.78 is 64.4. The van der Waals surface area contributed by atoms with E-state index in [0.29, 0.717) is 0 Å². The fourth-order valence-electron chi connectivity index (χ4n) is 3.36. The molecule has 0 aliphatic carbocycles. The topological polar surface area (TPSA) is 164 Å². The van der Waals surface area contributed by atoms with Gasteiger partial charge in [0.1, 0.15) is 0 Å². The number of nitrogens with two attached hydrogens (primary N) is 1. The molecule has 1 atom stereocenters. The molecule has 3 rings (SSSR count). The number of hydrogen-bond donors (Lipinski definition) is 3. The molecule has 2 aromatic rings. The Labute approximate surface area is 220 Å². The monoisotopic (exact) mass is 558 g/mol. The lowest BCUT2D eigenvalue weighted by Gasteiger charge is -2.27. The number of carbonyl (C=O) groups excluding carboxylic acids is 1. The van der Waals surface area contributed by atoms with Crippen molar-refractivity contribution < 1.29 is 35.5 Å². The van der Waals surface area contributed by atoms with E-state index in [4.69, 9.17) is 19.6 Å². The van der Waals surface area contributed by atoms with E-state index in [1.165, 1.54) is 24.3 Å². The van der Waals surface area contributed by atoms with Gasteiger partial charge < -0.3 is 10.5 Å². The molecule has 12 heteroatoms. The molecule has 4 N–H and O–H groups in total. The summed E-state index contributed by atoms with van der Waals surface area (Å²) >= 11 is 0. The van der Waals surface area contributed by atoms with Crippen LogP contribution in [-0.4, -0.2) is 69.6 Å². The first-order valence-corrected chi connectivity index (χ1v) is 14.8. The van der Waals surface area contributed by atoms with Crippen LogP contribution in [0.4, 0.5) is 0 Å². The Hall–Kier alpha value is -2.35. The molecule has 1 aliphatic rings. The zero-order valence-electron chi connectivity index (χ0n) is 21.5. The number of nitrogens with zero attached hydrogens (tertiary/aromatic N) is 1. The number of aryl methyl sites for hydroxylation is 2. The van der Waals surface area contributed by atoms with Gasteiger partial charge in [0.15, 0.2) is 0 Å². The van der Waals surface area contributed by atoms with Crippen molar-refractivity contribution in [2.24, 2.45) is 11.7 Å². The van der Waals surface area contributed by atoms with Crippen molar-refractivity contribution in [3.05, 3.63) is 59.7 Å². The second-order valence-electron chi connectivity index (χ2n) is 8.71. The van der Waals surface area contributed by atoms with Crippen LogP contribution in [0.2, 0.25) is 0 Å². The smallest absolute Gasteiger partial charge is 0.294 e. The molecule has 1 amide bonds. The zero-order valence-corrected chi connectivity index (χ0v) is 23.2. The highest BCUT2D eigenvalue weighted by Gasteiger charge is 2.17. The van der Waals surface area contributed by atoms with E-state index in [-0.39, 0.29) is 21.6 Å². The van der Waals surface area contributed by atoms with Crippen LogP contribution in [0.25, 0.3) is 0 Å². The highest BCUT2D eigenvalue weighted by Crippen LogP contribution is 2.12. The lowest BCUT2D eigenvalue weighted by atomic mass is 9.99. The largest absolute Gasteiger partial charge is 0.379 e. The maximum absolute atomic E-state index is 11.1. The Morgan fingerprint density at radius 3 is 1.59 bits per heavy atom. The Kier molecular flexibility index (Phi) is 14.0. The summed E-state index contributed by atoms with van der Waals surface area (Å²) in [6, 6.07) is 12.0. The second kappa shape index (κ2) is 15.8. The first-order chi connectivity index (χ1) is 17.2. The first-order valence-electron chi connectivity index (χ1n) is 11.9. The predicted octanol–water partition coefficient (Wildman–Crippen LogP) is 3.09. The summed E-state index contributed by atoms with van der Waals surface area (Å²) in [5.74, 6) is -0.0945. The van der Waals surface area contributed by atoms with Gasteiger partial charge in [0, 0.05) is 19.0 Å². The number of ether oxygens (including phenoxy) is 1. The molecule has 0 aromatic heterocycles. The Bertz CT molecular complexity index is 1090. The Balaban J connectivity index is 0.000000283. The Morgan fingerprint density at radius 1 is 0.865 bits per heavy atom. The van der Waals surface area contributed by atoms with E-state index < -0.39 is 20.2 Å². The van der Waals surface area contributed by atoms with Crippen molar-refractivity contribution in [3.8, 4) is 0 Å². The SMILES string of the molecule is CCCC(CCN1CCOCC1)C(N)=O.Cc1ccc(S(=O)(=O)O)cc1.Cc1ccc(S(=O)(=O)O)cc1. The number of amides is 1. The summed E-state index contributed by atoms with van der Waals surface area (Å²) in [4.78, 5) is 13.4. The third-order valence-electron chi connectivity index (χ3n) is 5.57. The fourth-order valence-corrected chi connectivity index (χ4v) is 4.32.